The fourth-order valence-corrected chi connectivity index (χ4v) is 2.97. The van der Waals surface area contributed by atoms with Gasteiger partial charge >= 0.3 is 5.97 Å². The van der Waals surface area contributed by atoms with E-state index in [1.54, 1.807) is 0 Å². The van der Waals surface area contributed by atoms with Crippen LogP contribution in [0.5, 0.6) is 0 Å². The molecule has 0 unspecified atom stereocenters. The Balaban J connectivity index is 1.96. The van der Waals surface area contributed by atoms with Gasteiger partial charge in [0.1, 0.15) is 5.82 Å². The number of hydrogen-bond acceptors (Lipinski definition) is 2. The Kier molecular flexibility index (Phi) is 4.99. The van der Waals surface area contributed by atoms with Crippen molar-refractivity contribution in [1.82, 2.24) is 0 Å². The van der Waals surface area contributed by atoms with Crippen molar-refractivity contribution < 1.29 is 14.3 Å². The van der Waals surface area contributed by atoms with E-state index in [0.717, 1.165) is 18.8 Å². The molecule has 0 radical (unpaired) electrons. The molecule has 2 N–H and O–H groups in total. The number of anilines is 1. The van der Waals surface area contributed by atoms with Crippen molar-refractivity contribution >= 4 is 11.7 Å². The zero-order valence-electron chi connectivity index (χ0n) is 11.9. The second kappa shape index (κ2) is 6.73. The van der Waals surface area contributed by atoms with Crippen LogP contribution in [0.25, 0.3) is 0 Å². The van der Waals surface area contributed by atoms with Crippen molar-refractivity contribution in [3.63, 3.8) is 0 Å². The van der Waals surface area contributed by atoms with E-state index in [9.17, 15) is 9.18 Å². The normalized spacial score (nSPS) is 22.5. The quantitative estimate of drug-likeness (QED) is 0.851. The highest BCUT2D eigenvalue weighted by molar-refractivity contribution is 5.94. The first-order valence-electron chi connectivity index (χ1n) is 7.37. The summed E-state index contributed by atoms with van der Waals surface area (Å²) in [4.78, 5) is 11.1. The fourth-order valence-electron chi connectivity index (χ4n) is 2.97. The second-order valence-electron chi connectivity index (χ2n) is 5.64. The first kappa shape index (κ1) is 14.8. The third-order valence-electron chi connectivity index (χ3n) is 4.36. The molecule has 3 nitrogen and oxygen atoms in total. The largest absolute Gasteiger partial charge is 0.478 e. The lowest BCUT2D eigenvalue weighted by Crippen LogP contribution is -2.22. The molecule has 0 heterocycles. The molecule has 1 aliphatic rings. The Morgan fingerprint density at radius 3 is 2.55 bits per heavy atom. The third kappa shape index (κ3) is 3.50. The number of para-hydroxylation sites is 1. The maximum Gasteiger partial charge on any atom is 0.337 e. The summed E-state index contributed by atoms with van der Waals surface area (Å²) in [5.74, 6) is -0.248. The molecule has 0 aromatic heterocycles. The van der Waals surface area contributed by atoms with E-state index in [4.69, 9.17) is 5.11 Å². The minimum absolute atomic E-state index is 0.00671. The zero-order chi connectivity index (χ0) is 14.5. The summed E-state index contributed by atoms with van der Waals surface area (Å²) in [5.41, 5.74) is 0.129. The number of rotatable bonds is 5. The van der Waals surface area contributed by atoms with E-state index < -0.39 is 11.8 Å². The highest BCUT2D eigenvalue weighted by Gasteiger charge is 2.21. The molecule has 110 valence electrons. The molecular weight excluding hydrogens is 257 g/mol. The molecule has 1 fully saturated rings. The molecule has 20 heavy (non-hydrogen) atoms. The predicted molar refractivity (Wildman–Crippen MR) is 77.6 cm³/mol. The number of aromatic carboxylic acids is 1. The Morgan fingerprint density at radius 1 is 1.30 bits per heavy atom. The Morgan fingerprint density at radius 2 is 1.95 bits per heavy atom. The fraction of sp³-hybridized carbons (Fsp3) is 0.562. The molecule has 0 spiro atoms. The van der Waals surface area contributed by atoms with Crippen LogP contribution in [0.1, 0.15) is 49.4 Å². The first-order chi connectivity index (χ1) is 9.61. The first-order valence-corrected chi connectivity index (χ1v) is 7.37. The Bertz CT molecular complexity index is 468. The lowest BCUT2D eigenvalue weighted by molar-refractivity contribution is 0.0697. The van der Waals surface area contributed by atoms with Crippen molar-refractivity contribution in [2.24, 2.45) is 11.8 Å². The van der Waals surface area contributed by atoms with Crippen LogP contribution in [0.15, 0.2) is 18.2 Å². The molecule has 1 aromatic carbocycles. The number of carboxylic acid groups (broad SMARTS) is 1. The molecule has 4 heteroatoms. The van der Waals surface area contributed by atoms with Gasteiger partial charge in [0.2, 0.25) is 0 Å². The van der Waals surface area contributed by atoms with E-state index in [-0.39, 0.29) is 11.3 Å². The monoisotopic (exact) mass is 279 g/mol. The van der Waals surface area contributed by atoms with Gasteiger partial charge in [-0.1, -0.05) is 32.3 Å². The molecule has 0 aliphatic heterocycles. The van der Waals surface area contributed by atoms with Gasteiger partial charge in [0.05, 0.1) is 11.3 Å². The highest BCUT2D eigenvalue weighted by Crippen LogP contribution is 2.31. The van der Waals surface area contributed by atoms with Gasteiger partial charge in [0.15, 0.2) is 0 Å². The molecule has 1 saturated carbocycles. The van der Waals surface area contributed by atoms with Crippen LogP contribution >= 0.6 is 0 Å². The van der Waals surface area contributed by atoms with Gasteiger partial charge in [-0.3, -0.25) is 0 Å². The summed E-state index contributed by atoms with van der Waals surface area (Å²) in [7, 11) is 0. The molecule has 1 aliphatic carbocycles. The lowest BCUT2D eigenvalue weighted by atomic mass is 9.81. The molecule has 2 rings (SSSR count). The van der Waals surface area contributed by atoms with Crippen LogP contribution in [0.4, 0.5) is 10.1 Å². The van der Waals surface area contributed by atoms with E-state index in [2.05, 4.69) is 12.2 Å². The van der Waals surface area contributed by atoms with Crippen LogP contribution < -0.4 is 5.32 Å². The zero-order valence-corrected chi connectivity index (χ0v) is 11.9. The Labute approximate surface area is 119 Å². The number of halogens is 1. The van der Waals surface area contributed by atoms with Gasteiger partial charge in [-0.2, -0.15) is 0 Å². The second-order valence-corrected chi connectivity index (χ2v) is 5.64. The van der Waals surface area contributed by atoms with Crippen LogP contribution in [-0.4, -0.2) is 17.6 Å². The van der Waals surface area contributed by atoms with Crippen LogP contribution in [0.3, 0.4) is 0 Å². The number of benzene rings is 1. The minimum Gasteiger partial charge on any atom is -0.478 e. The van der Waals surface area contributed by atoms with Crippen molar-refractivity contribution in [3.05, 3.63) is 29.6 Å². The van der Waals surface area contributed by atoms with E-state index in [1.807, 2.05) is 0 Å². The number of nitrogens with one attached hydrogen (secondary N) is 1. The molecule has 0 bridgehead atoms. The molecule has 0 atom stereocenters. The minimum atomic E-state index is -1.10. The van der Waals surface area contributed by atoms with E-state index >= 15 is 0 Å². The van der Waals surface area contributed by atoms with Crippen molar-refractivity contribution in [3.8, 4) is 0 Å². The van der Waals surface area contributed by atoms with Gasteiger partial charge in [0.25, 0.3) is 0 Å². The average Bonchev–Trinajstić information content (AvgIpc) is 2.46. The van der Waals surface area contributed by atoms with Gasteiger partial charge in [-0.05, 0) is 36.8 Å². The van der Waals surface area contributed by atoms with Crippen LogP contribution in [-0.2, 0) is 0 Å². The summed E-state index contributed by atoms with van der Waals surface area (Å²) < 4.78 is 13.8. The highest BCUT2D eigenvalue weighted by atomic mass is 19.1. The predicted octanol–water partition coefficient (Wildman–Crippen LogP) is 4.15. The molecule has 0 amide bonds. The number of carboxylic acids is 1. The van der Waals surface area contributed by atoms with Gasteiger partial charge in [0, 0.05) is 6.54 Å². The van der Waals surface area contributed by atoms with Gasteiger partial charge in [-0.15, -0.1) is 0 Å². The van der Waals surface area contributed by atoms with E-state index in [1.165, 1.54) is 37.5 Å². The van der Waals surface area contributed by atoms with E-state index in [0.29, 0.717) is 12.5 Å². The van der Waals surface area contributed by atoms with Crippen molar-refractivity contribution in [2.45, 2.75) is 39.0 Å². The SMILES string of the molecule is CCC1CCC(CNc2c(F)cccc2C(=O)O)CC1. The summed E-state index contributed by atoms with van der Waals surface area (Å²) in [6.45, 7) is 2.87. The van der Waals surface area contributed by atoms with Gasteiger partial charge in [-0.25, -0.2) is 9.18 Å². The summed E-state index contributed by atoms with van der Waals surface area (Å²) in [5, 5.41) is 12.1. The van der Waals surface area contributed by atoms with Crippen molar-refractivity contribution in [2.75, 3.05) is 11.9 Å². The topological polar surface area (TPSA) is 49.3 Å². The smallest absolute Gasteiger partial charge is 0.337 e. The Hall–Kier alpha value is -1.58. The maximum absolute atomic E-state index is 13.8. The van der Waals surface area contributed by atoms with Crippen LogP contribution in [0.2, 0.25) is 0 Å². The third-order valence-corrected chi connectivity index (χ3v) is 4.36. The number of hydrogen-bond donors (Lipinski definition) is 2. The lowest BCUT2D eigenvalue weighted by Gasteiger charge is -2.28. The summed E-state index contributed by atoms with van der Waals surface area (Å²) >= 11 is 0. The summed E-state index contributed by atoms with van der Waals surface area (Å²) in [6, 6.07) is 4.15. The number of carbonyl (C=O) groups is 1. The summed E-state index contributed by atoms with van der Waals surface area (Å²) in [6.07, 6.45) is 5.97. The van der Waals surface area contributed by atoms with Crippen molar-refractivity contribution in [1.29, 1.82) is 0 Å². The van der Waals surface area contributed by atoms with Gasteiger partial charge < -0.3 is 10.4 Å². The molecule has 1 aromatic rings. The average molecular weight is 279 g/mol. The standard InChI is InChI=1S/C16H22FNO2/c1-2-11-6-8-12(9-7-11)10-18-15-13(16(19)20)4-3-5-14(15)17/h3-5,11-12,18H,2,6-10H2,1H3,(H,19,20). The van der Waals surface area contributed by atoms with Crippen LogP contribution in [0, 0.1) is 17.7 Å². The maximum atomic E-state index is 13.8. The molecular formula is C16H22FNO2. The molecule has 0 saturated heterocycles.